The molecular weight excluding hydrogens is 248 g/mol. The highest BCUT2D eigenvalue weighted by Crippen LogP contribution is 2.22. The van der Waals surface area contributed by atoms with Crippen LogP contribution in [0.2, 0.25) is 0 Å². The molecule has 102 valence electrons. The van der Waals surface area contributed by atoms with Crippen LogP contribution in [-0.2, 0) is 15.4 Å². The van der Waals surface area contributed by atoms with E-state index in [4.69, 9.17) is 0 Å². The molecule has 0 atom stereocenters. The van der Waals surface area contributed by atoms with Crippen molar-refractivity contribution in [1.29, 1.82) is 0 Å². The van der Waals surface area contributed by atoms with Crippen LogP contribution < -0.4 is 4.72 Å². The molecule has 0 saturated carbocycles. The molecule has 0 saturated heterocycles. The number of hydrogen-bond donors (Lipinski definition) is 1. The highest BCUT2D eigenvalue weighted by molar-refractivity contribution is 7.92. The SMILES string of the molecule is CCCCS(=O)(=O)Nc1ccnc(C(C)(C)C)c1. The zero-order valence-corrected chi connectivity index (χ0v) is 12.3. The number of nitrogens with zero attached hydrogens (tertiary/aromatic N) is 1. The Morgan fingerprint density at radius 3 is 2.56 bits per heavy atom. The Labute approximate surface area is 110 Å². The summed E-state index contributed by atoms with van der Waals surface area (Å²) in [6.45, 7) is 8.11. The lowest BCUT2D eigenvalue weighted by Crippen LogP contribution is -2.18. The number of nitrogens with one attached hydrogen (secondary N) is 1. The lowest BCUT2D eigenvalue weighted by atomic mass is 9.91. The van der Waals surface area contributed by atoms with Gasteiger partial charge in [-0.05, 0) is 18.6 Å². The minimum absolute atomic E-state index is 0.0924. The van der Waals surface area contributed by atoms with Crippen molar-refractivity contribution in [3.63, 3.8) is 0 Å². The van der Waals surface area contributed by atoms with Gasteiger partial charge < -0.3 is 0 Å². The third-order valence-electron chi connectivity index (χ3n) is 2.57. The van der Waals surface area contributed by atoms with E-state index in [9.17, 15) is 8.42 Å². The van der Waals surface area contributed by atoms with E-state index in [-0.39, 0.29) is 11.2 Å². The van der Waals surface area contributed by atoms with E-state index < -0.39 is 10.0 Å². The molecule has 5 heteroatoms. The fourth-order valence-electron chi connectivity index (χ4n) is 1.47. The molecule has 0 spiro atoms. The molecule has 1 N–H and O–H groups in total. The summed E-state index contributed by atoms with van der Waals surface area (Å²) in [7, 11) is -3.24. The topological polar surface area (TPSA) is 59.1 Å². The third-order valence-corrected chi connectivity index (χ3v) is 3.94. The van der Waals surface area contributed by atoms with Gasteiger partial charge in [-0.25, -0.2) is 8.42 Å². The van der Waals surface area contributed by atoms with Crippen molar-refractivity contribution in [2.75, 3.05) is 10.5 Å². The van der Waals surface area contributed by atoms with Gasteiger partial charge in [-0.15, -0.1) is 0 Å². The summed E-state index contributed by atoms with van der Waals surface area (Å²) in [5.74, 6) is 0.163. The lowest BCUT2D eigenvalue weighted by Gasteiger charge is -2.18. The van der Waals surface area contributed by atoms with E-state index in [1.54, 1.807) is 18.3 Å². The van der Waals surface area contributed by atoms with Crippen molar-refractivity contribution in [2.24, 2.45) is 0 Å². The Morgan fingerprint density at radius 2 is 2.00 bits per heavy atom. The van der Waals surface area contributed by atoms with Crippen LogP contribution in [0.4, 0.5) is 5.69 Å². The minimum atomic E-state index is -3.24. The van der Waals surface area contributed by atoms with Crippen molar-refractivity contribution < 1.29 is 8.42 Å². The molecule has 0 bridgehead atoms. The Kier molecular flexibility index (Phi) is 4.73. The molecule has 0 radical (unpaired) electrons. The van der Waals surface area contributed by atoms with Crippen LogP contribution in [0.5, 0.6) is 0 Å². The van der Waals surface area contributed by atoms with E-state index in [2.05, 4.69) is 9.71 Å². The van der Waals surface area contributed by atoms with Crippen LogP contribution in [0.15, 0.2) is 18.3 Å². The maximum atomic E-state index is 11.8. The smallest absolute Gasteiger partial charge is 0.232 e. The third kappa shape index (κ3) is 4.64. The molecule has 0 aliphatic carbocycles. The first-order chi connectivity index (χ1) is 8.24. The van der Waals surface area contributed by atoms with Gasteiger partial charge >= 0.3 is 0 Å². The number of unbranched alkanes of at least 4 members (excludes halogenated alkanes) is 1. The number of hydrogen-bond acceptors (Lipinski definition) is 3. The molecule has 18 heavy (non-hydrogen) atoms. The monoisotopic (exact) mass is 270 g/mol. The number of rotatable bonds is 5. The van der Waals surface area contributed by atoms with Gasteiger partial charge in [0.05, 0.1) is 11.4 Å². The molecule has 4 nitrogen and oxygen atoms in total. The largest absolute Gasteiger partial charge is 0.283 e. The zero-order valence-electron chi connectivity index (χ0n) is 11.5. The Bertz CT molecular complexity index is 490. The summed E-state index contributed by atoms with van der Waals surface area (Å²) >= 11 is 0. The number of aromatic nitrogens is 1. The van der Waals surface area contributed by atoms with Gasteiger partial charge in [0.2, 0.25) is 10.0 Å². The predicted molar refractivity (Wildman–Crippen MR) is 75.3 cm³/mol. The van der Waals surface area contributed by atoms with Gasteiger partial charge in [-0.2, -0.15) is 0 Å². The van der Waals surface area contributed by atoms with E-state index in [1.807, 2.05) is 27.7 Å². The Morgan fingerprint density at radius 1 is 1.33 bits per heavy atom. The molecule has 0 aliphatic heterocycles. The molecule has 1 aromatic heterocycles. The van der Waals surface area contributed by atoms with Crippen molar-refractivity contribution in [2.45, 2.75) is 46.0 Å². The van der Waals surface area contributed by atoms with E-state index in [0.717, 1.165) is 12.1 Å². The fourth-order valence-corrected chi connectivity index (χ4v) is 2.73. The van der Waals surface area contributed by atoms with Gasteiger partial charge in [-0.1, -0.05) is 34.1 Å². The molecule has 0 fully saturated rings. The average molecular weight is 270 g/mol. The summed E-state index contributed by atoms with van der Waals surface area (Å²) < 4.78 is 26.2. The number of sulfonamides is 1. The van der Waals surface area contributed by atoms with E-state index in [0.29, 0.717) is 12.1 Å². The molecule has 1 aromatic rings. The summed E-state index contributed by atoms with van der Waals surface area (Å²) in [6, 6.07) is 3.47. The molecule has 1 heterocycles. The van der Waals surface area contributed by atoms with Crippen LogP contribution in [0.1, 0.15) is 46.2 Å². The first-order valence-electron chi connectivity index (χ1n) is 6.21. The predicted octanol–water partition coefficient (Wildman–Crippen LogP) is 2.92. The first-order valence-corrected chi connectivity index (χ1v) is 7.87. The number of anilines is 1. The van der Waals surface area contributed by atoms with E-state index >= 15 is 0 Å². The van der Waals surface area contributed by atoms with Crippen molar-refractivity contribution >= 4 is 15.7 Å². The van der Waals surface area contributed by atoms with Gasteiger partial charge in [0.25, 0.3) is 0 Å². The van der Waals surface area contributed by atoms with Gasteiger partial charge in [0.15, 0.2) is 0 Å². The Balaban J connectivity index is 2.86. The highest BCUT2D eigenvalue weighted by atomic mass is 32.2. The quantitative estimate of drug-likeness (QED) is 0.895. The van der Waals surface area contributed by atoms with Crippen molar-refractivity contribution in [3.05, 3.63) is 24.0 Å². The van der Waals surface area contributed by atoms with Gasteiger partial charge in [0, 0.05) is 17.3 Å². The maximum Gasteiger partial charge on any atom is 0.232 e. The molecular formula is C13H22N2O2S. The van der Waals surface area contributed by atoms with Gasteiger partial charge in [-0.3, -0.25) is 9.71 Å². The number of pyridine rings is 1. The normalized spacial score (nSPS) is 12.4. The van der Waals surface area contributed by atoms with Crippen molar-refractivity contribution in [1.82, 2.24) is 4.98 Å². The minimum Gasteiger partial charge on any atom is -0.283 e. The summed E-state index contributed by atoms with van der Waals surface area (Å²) in [6.07, 6.45) is 3.18. The van der Waals surface area contributed by atoms with Crippen LogP contribution in [0.25, 0.3) is 0 Å². The fraction of sp³-hybridized carbons (Fsp3) is 0.615. The molecule has 0 amide bonds. The first kappa shape index (κ1) is 15.0. The Hall–Kier alpha value is -1.10. The standard InChI is InChI=1S/C13H22N2O2S/c1-5-6-9-18(16,17)15-11-7-8-14-12(10-11)13(2,3)4/h7-8,10H,5-6,9H2,1-4H3,(H,14,15). The van der Waals surface area contributed by atoms with Gasteiger partial charge in [0.1, 0.15) is 0 Å². The van der Waals surface area contributed by atoms with Crippen LogP contribution in [0, 0.1) is 0 Å². The van der Waals surface area contributed by atoms with Crippen LogP contribution in [-0.4, -0.2) is 19.2 Å². The zero-order chi connectivity index (χ0) is 13.8. The molecule has 0 unspecified atom stereocenters. The van der Waals surface area contributed by atoms with Crippen molar-refractivity contribution in [3.8, 4) is 0 Å². The second-order valence-corrected chi connectivity index (χ2v) is 7.30. The average Bonchev–Trinajstić information content (AvgIpc) is 2.25. The second-order valence-electron chi connectivity index (χ2n) is 5.45. The lowest BCUT2D eigenvalue weighted by molar-refractivity contribution is 0.569. The van der Waals surface area contributed by atoms with Crippen LogP contribution in [0.3, 0.4) is 0 Å². The summed E-state index contributed by atoms with van der Waals surface area (Å²) in [5.41, 5.74) is 1.37. The highest BCUT2D eigenvalue weighted by Gasteiger charge is 2.17. The summed E-state index contributed by atoms with van der Waals surface area (Å²) in [5, 5.41) is 0. The molecule has 0 aromatic carbocycles. The summed E-state index contributed by atoms with van der Waals surface area (Å²) in [4.78, 5) is 4.27. The maximum absolute atomic E-state index is 11.8. The molecule has 1 rings (SSSR count). The van der Waals surface area contributed by atoms with E-state index in [1.165, 1.54) is 0 Å². The molecule has 0 aliphatic rings. The second kappa shape index (κ2) is 5.69. The van der Waals surface area contributed by atoms with Crippen LogP contribution >= 0.6 is 0 Å².